The molecule has 0 saturated carbocycles. The highest BCUT2D eigenvalue weighted by atomic mass is 32.1. The molecule has 0 bridgehead atoms. The summed E-state index contributed by atoms with van der Waals surface area (Å²) in [4.78, 5) is 36.8. The molecule has 1 saturated heterocycles. The molecule has 10 heteroatoms. The number of nitrogens with one attached hydrogen (secondary N) is 1. The first-order chi connectivity index (χ1) is 10.1. The quantitative estimate of drug-likeness (QED) is 0.720. The van der Waals surface area contributed by atoms with E-state index in [0.717, 1.165) is 15.3 Å². The van der Waals surface area contributed by atoms with Crippen LogP contribution in [0.3, 0.4) is 0 Å². The molecule has 21 heavy (non-hydrogen) atoms. The second kappa shape index (κ2) is 5.40. The molecule has 0 aliphatic carbocycles. The molecule has 0 atom stereocenters. The number of carbonyl (C=O) groups is 3. The number of imide groups is 1. The predicted octanol–water partition coefficient (Wildman–Crippen LogP) is -1.11. The standard InChI is InChI=1S/C11H10N6O3S/c18-8-3-16(4-9(19)12-8)10(20)5-17-14-11(13-15-17)7-1-2-21-6-7/h1-2,6H,3-5H2,(H,12,18,19). The first-order valence-electron chi connectivity index (χ1n) is 6.02. The second-order valence-corrected chi connectivity index (χ2v) is 5.16. The van der Waals surface area contributed by atoms with Crippen LogP contribution in [0.4, 0.5) is 0 Å². The zero-order valence-electron chi connectivity index (χ0n) is 10.7. The lowest BCUT2D eigenvalue weighted by Gasteiger charge is -2.24. The smallest absolute Gasteiger partial charge is 0.247 e. The van der Waals surface area contributed by atoms with Crippen LogP contribution in [-0.4, -0.2) is 55.9 Å². The lowest BCUT2D eigenvalue weighted by Crippen LogP contribution is -2.54. The first-order valence-corrected chi connectivity index (χ1v) is 6.97. The number of thiophene rings is 1. The number of piperazine rings is 1. The minimum absolute atomic E-state index is 0.142. The van der Waals surface area contributed by atoms with Gasteiger partial charge >= 0.3 is 0 Å². The zero-order valence-corrected chi connectivity index (χ0v) is 11.5. The van der Waals surface area contributed by atoms with Crippen molar-refractivity contribution in [2.75, 3.05) is 13.1 Å². The van der Waals surface area contributed by atoms with E-state index in [1.165, 1.54) is 11.3 Å². The summed E-state index contributed by atoms with van der Waals surface area (Å²) in [6, 6.07) is 1.85. The van der Waals surface area contributed by atoms with Crippen LogP contribution in [-0.2, 0) is 20.9 Å². The van der Waals surface area contributed by atoms with Crippen molar-refractivity contribution in [2.45, 2.75) is 6.54 Å². The van der Waals surface area contributed by atoms with Gasteiger partial charge in [-0.2, -0.15) is 16.1 Å². The number of hydrogen-bond acceptors (Lipinski definition) is 7. The van der Waals surface area contributed by atoms with Gasteiger partial charge in [0.05, 0.1) is 0 Å². The average molecular weight is 306 g/mol. The van der Waals surface area contributed by atoms with Crippen LogP contribution in [0.25, 0.3) is 11.4 Å². The van der Waals surface area contributed by atoms with Gasteiger partial charge in [-0.15, -0.1) is 10.2 Å². The highest BCUT2D eigenvalue weighted by molar-refractivity contribution is 7.08. The molecule has 2 aromatic heterocycles. The number of rotatable bonds is 3. The summed E-state index contributed by atoms with van der Waals surface area (Å²) < 4.78 is 0. The maximum Gasteiger partial charge on any atom is 0.247 e. The van der Waals surface area contributed by atoms with Gasteiger partial charge < -0.3 is 4.90 Å². The normalized spacial score (nSPS) is 15.1. The van der Waals surface area contributed by atoms with Gasteiger partial charge in [0.25, 0.3) is 0 Å². The van der Waals surface area contributed by atoms with Crippen molar-refractivity contribution < 1.29 is 14.4 Å². The third-order valence-electron chi connectivity index (χ3n) is 2.81. The van der Waals surface area contributed by atoms with Crippen molar-refractivity contribution >= 4 is 29.1 Å². The molecular formula is C11H10N6O3S. The van der Waals surface area contributed by atoms with E-state index in [2.05, 4.69) is 20.7 Å². The number of amides is 3. The molecule has 0 unspecified atom stereocenters. The Hall–Kier alpha value is -2.62. The van der Waals surface area contributed by atoms with E-state index < -0.39 is 17.7 Å². The van der Waals surface area contributed by atoms with Crippen LogP contribution in [0.2, 0.25) is 0 Å². The Morgan fingerprint density at radius 2 is 2.10 bits per heavy atom. The molecule has 3 heterocycles. The number of nitrogens with zero attached hydrogens (tertiary/aromatic N) is 5. The van der Waals surface area contributed by atoms with Crippen LogP contribution < -0.4 is 5.32 Å². The molecule has 0 radical (unpaired) electrons. The Bertz CT molecular complexity index is 679. The Kier molecular flexibility index (Phi) is 3.44. The van der Waals surface area contributed by atoms with Gasteiger partial charge in [0, 0.05) is 10.9 Å². The molecule has 3 rings (SSSR count). The fraction of sp³-hybridized carbons (Fsp3) is 0.273. The average Bonchev–Trinajstić information content (AvgIpc) is 3.07. The number of carbonyl (C=O) groups excluding carboxylic acids is 3. The minimum Gasteiger partial charge on any atom is -0.322 e. The SMILES string of the molecule is O=C1CN(C(=O)Cn2nnc(-c3ccsc3)n2)CC(=O)N1. The van der Waals surface area contributed by atoms with Gasteiger partial charge in [-0.3, -0.25) is 19.7 Å². The maximum atomic E-state index is 12.0. The van der Waals surface area contributed by atoms with E-state index in [4.69, 9.17) is 0 Å². The van der Waals surface area contributed by atoms with Crippen molar-refractivity contribution in [3.8, 4) is 11.4 Å². The summed E-state index contributed by atoms with van der Waals surface area (Å²) in [6.45, 7) is -0.453. The van der Waals surface area contributed by atoms with Crippen LogP contribution >= 0.6 is 11.3 Å². The Balaban J connectivity index is 1.67. The van der Waals surface area contributed by atoms with Crippen molar-refractivity contribution in [1.29, 1.82) is 0 Å². The monoisotopic (exact) mass is 306 g/mol. The summed E-state index contributed by atoms with van der Waals surface area (Å²) in [5.41, 5.74) is 0.825. The molecule has 2 aromatic rings. The van der Waals surface area contributed by atoms with E-state index >= 15 is 0 Å². The van der Waals surface area contributed by atoms with Gasteiger partial charge in [0.1, 0.15) is 19.6 Å². The fourth-order valence-electron chi connectivity index (χ4n) is 1.85. The summed E-state index contributed by atoms with van der Waals surface area (Å²) >= 11 is 1.51. The highest BCUT2D eigenvalue weighted by Crippen LogP contribution is 2.16. The highest BCUT2D eigenvalue weighted by Gasteiger charge is 2.26. The Morgan fingerprint density at radius 3 is 2.76 bits per heavy atom. The Labute approximate surface area is 122 Å². The zero-order chi connectivity index (χ0) is 14.8. The number of aromatic nitrogens is 4. The molecule has 0 spiro atoms. The predicted molar refractivity (Wildman–Crippen MR) is 70.9 cm³/mol. The summed E-state index contributed by atoms with van der Waals surface area (Å²) in [5, 5.41) is 17.6. The molecule has 1 N–H and O–H groups in total. The molecular weight excluding hydrogens is 296 g/mol. The van der Waals surface area contributed by atoms with Crippen molar-refractivity contribution in [1.82, 2.24) is 30.4 Å². The largest absolute Gasteiger partial charge is 0.322 e. The second-order valence-electron chi connectivity index (χ2n) is 4.38. The molecule has 108 valence electrons. The minimum atomic E-state index is -0.495. The first kappa shape index (κ1) is 13.4. The van der Waals surface area contributed by atoms with Crippen LogP contribution in [0.5, 0.6) is 0 Å². The molecule has 0 aromatic carbocycles. The number of hydrogen-bond donors (Lipinski definition) is 1. The van der Waals surface area contributed by atoms with Gasteiger partial charge in [0.15, 0.2) is 0 Å². The maximum absolute atomic E-state index is 12.0. The topological polar surface area (TPSA) is 110 Å². The van der Waals surface area contributed by atoms with Gasteiger partial charge in [-0.1, -0.05) is 0 Å². The van der Waals surface area contributed by atoms with Gasteiger partial charge in [-0.25, -0.2) is 0 Å². The molecule has 3 amide bonds. The van der Waals surface area contributed by atoms with E-state index in [0.29, 0.717) is 5.82 Å². The van der Waals surface area contributed by atoms with Crippen LogP contribution in [0.15, 0.2) is 16.8 Å². The number of tetrazole rings is 1. The lowest BCUT2D eigenvalue weighted by atomic mass is 10.3. The van der Waals surface area contributed by atoms with Crippen molar-refractivity contribution in [3.63, 3.8) is 0 Å². The molecule has 1 fully saturated rings. The van der Waals surface area contributed by atoms with E-state index in [9.17, 15) is 14.4 Å². The lowest BCUT2D eigenvalue weighted by molar-refractivity contribution is -0.145. The van der Waals surface area contributed by atoms with E-state index in [1.807, 2.05) is 16.8 Å². The van der Waals surface area contributed by atoms with Gasteiger partial charge in [-0.05, 0) is 16.7 Å². The van der Waals surface area contributed by atoms with E-state index in [1.54, 1.807) is 0 Å². The third-order valence-corrected chi connectivity index (χ3v) is 3.49. The van der Waals surface area contributed by atoms with Crippen LogP contribution in [0, 0.1) is 0 Å². The molecule has 9 nitrogen and oxygen atoms in total. The summed E-state index contributed by atoms with van der Waals surface area (Å²) in [7, 11) is 0. The summed E-state index contributed by atoms with van der Waals surface area (Å²) in [5.74, 6) is -0.973. The fourth-order valence-corrected chi connectivity index (χ4v) is 2.49. The van der Waals surface area contributed by atoms with Crippen LogP contribution in [0.1, 0.15) is 0 Å². The van der Waals surface area contributed by atoms with Crippen molar-refractivity contribution in [3.05, 3.63) is 16.8 Å². The summed E-state index contributed by atoms with van der Waals surface area (Å²) in [6.07, 6.45) is 0. The van der Waals surface area contributed by atoms with E-state index in [-0.39, 0.29) is 19.6 Å². The molecule has 1 aliphatic heterocycles. The van der Waals surface area contributed by atoms with Crippen molar-refractivity contribution in [2.24, 2.45) is 0 Å². The molecule has 1 aliphatic rings. The van der Waals surface area contributed by atoms with Gasteiger partial charge in [0.2, 0.25) is 23.5 Å². The Morgan fingerprint density at radius 1 is 1.33 bits per heavy atom. The third kappa shape index (κ3) is 2.94.